The second-order valence-corrected chi connectivity index (χ2v) is 6.04. The first-order valence-corrected chi connectivity index (χ1v) is 8.75. The lowest BCUT2D eigenvalue weighted by molar-refractivity contribution is -0.384. The molecule has 0 saturated carbocycles. The molecule has 0 aromatic heterocycles. The van der Waals surface area contributed by atoms with Crippen molar-refractivity contribution in [1.82, 2.24) is 4.90 Å². The average molecular weight is 391 g/mol. The van der Waals surface area contributed by atoms with Crippen molar-refractivity contribution >= 4 is 29.2 Å². The molecule has 0 aliphatic heterocycles. The van der Waals surface area contributed by atoms with Gasteiger partial charge in [0.15, 0.2) is 0 Å². The summed E-state index contributed by atoms with van der Waals surface area (Å²) in [6.45, 7) is 4.55. The number of esters is 1. The van der Waals surface area contributed by atoms with Gasteiger partial charge in [-0.25, -0.2) is 4.79 Å². The molecule has 0 N–H and O–H groups in total. The number of nitro benzene ring substituents is 1. The number of nitrogens with zero attached hydrogens (tertiary/aromatic N) is 2. The summed E-state index contributed by atoms with van der Waals surface area (Å²) in [6, 6.07) is 12.1. The van der Waals surface area contributed by atoms with Crippen LogP contribution in [0.5, 0.6) is 0 Å². The quantitative estimate of drug-likeness (QED) is 0.404. The number of amides is 1. The van der Waals surface area contributed by atoms with Crippen LogP contribution in [0, 0.1) is 10.1 Å². The highest BCUT2D eigenvalue weighted by Gasteiger charge is 2.30. The van der Waals surface area contributed by atoms with Crippen molar-refractivity contribution in [3.8, 4) is 0 Å². The van der Waals surface area contributed by atoms with Crippen molar-refractivity contribution < 1.29 is 19.2 Å². The fourth-order valence-corrected chi connectivity index (χ4v) is 2.74. The number of rotatable bonds is 7. The summed E-state index contributed by atoms with van der Waals surface area (Å²) >= 11 is 6.00. The molecule has 2 aromatic rings. The minimum atomic E-state index is -1.17. The zero-order valence-corrected chi connectivity index (χ0v) is 15.7. The molecule has 0 saturated heterocycles. The highest BCUT2D eigenvalue weighted by Crippen LogP contribution is 2.27. The lowest BCUT2D eigenvalue weighted by atomic mass is 10.1. The van der Waals surface area contributed by atoms with Crippen molar-refractivity contribution in [2.75, 3.05) is 13.1 Å². The van der Waals surface area contributed by atoms with E-state index in [1.807, 2.05) is 13.8 Å². The summed E-state index contributed by atoms with van der Waals surface area (Å²) in [4.78, 5) is 37.3. The summed E-state index contributed by atoms with van der Waals surface area (Å²) in [5, 5.41) is 11.0. The van der Waals surface area contributed by atoms with Gasteiger partial charge in [-0.05, 0) is 19.9 Å². The fourth-order valence-electron chi connectivity index (χ4n) is 2.54. The van der Waals surface area contributed by atoms with Crippen molar-refractivity contribution in [1.29, 1.82) is 0 Å². The van der Waals surface area contributed by atoms with Crippen molar-refractivity contribution in [2.24, 2.45) is 0 Å². The van der Waals surface area contributed by atoms with Gasteiger partial charge in [-0.15, -0.1) is 0 Å². The van der Waals surface area contributed by atoms with Crippen molar-refractivity contribution in [3.63, 3.8) is 0 Å². The van der Waals surface area contributed by atoms with Gasteiger partial charge in [0.1, 0.15) is 0 Å². The van der Waals surface area contributed by atoms with Crippen LogP contribution in [0.3, 0.4) is 0 Å². The van der Waals surface area contributed by atoms with Crippen LogP contribution >= 0.6 is 11.6 Å². The van der Waals surface area contributed by atoms with Gasteiger partial charge in [-0.3, -0.25) is 14.9 Å². The molecule has 0 fully saturated rings. The van der Waals surface area contributed by atoms with E-state index < -0.39 is 17.0 Å². The molecule has 0 unspecified atom stereocenters. The maximum atomic E-state index is 12.8. The largest absolute Gasteiger partial charge is 0.444 e. The third kappa shape index (κ3) is 4.83. The second kappa shape index (κ2) is 9.14. The van der Waals surface area contributed by atoms with Crippen molar-refractivity contribution in [3.05, 3.63) is 74.8 Å². The third-order valence-electron chi connectivity index (χ3n) is 4.01. The molecule has 0 aliphatic rings. The Morgan fingerprint density at radius 1 is 1.15 bits per heavy atom. The number of benzene rings is 2. The molecule has 0 heterocycles. The van der Waals surface area contributed by atoms with Gasteiger partial charge in [-0.2, -0.15) is 0 Å². The molecule has 142 valence electrons. The summed E-state index contributed by atoms with van der Waals surface area (Å²) in [7, 11) is 0. The number of hydrogen-bond donors (Lipinski definition) is 0. The number of halogens is 1. The lowest BCUT2D eigenvalue weighted by Crippen LogP contribution is -2.36. The van der Waals surface area contributed by atoms with E-state index in [1.165, 1.54) is 12.1 Å². The van der Waals surface area contributed by atoms with Gasteiger partial charge in [0.05, 0.1) is 15.5 Å². The number of non-ortho nitro benzene ring substituents is 1. The molecular formula is C19H19ClN2O5. The Morgan fingerprint density at radius 3 is 2.33 bits per heavy atom. The molecule has 0 radical (unpaired) electrons. The smallest absolute Gasteiger partial charge is 0.341 e. The Hall–Kier alpha value is -2.93. The van der Waals surface area contributed by atoms with Crippen LogP contribution in [-0.4, -0.2) is 34.8 Å². The van der Waals surface area contributed by atoms with E-state index >= 15 is 0 Å². The van der Waals surface area contributed by atoms with E-state index in [2.05, 4.69) is 0 Å². The summed E-state index contributed by atoms with van der Waals surface area (Å²) in [5.41, 5.74) is 0.0427. The van der Waals surface area contributed by atoms with Gasteiger partial charge in [0, 0.05) is 30.8 Å². The summed E-state index contributed by atoms with van der Waals surface area (Å²) < 4.78 is 5.45. The molecule has 2 aromatic carbocycles. The maximum absolute atomic E-state index is 12.8. The van der Waals surface area contributed by atoms with E-state index in [0.717, 1.165) is 6.07 Å². The first-order chi connectivity index (χ1) is 12.9. The molecule has 0 spiro atoms. The standard InChI is InChI=1S/C19H19ClN2O5/c1-3-21(4-2)18(23)17(13-8-6-5-7-9-13)27-19(24)15-12-14(22(25)26)10-11-16(15)20/h5-12,17H,3-4H2,1-2H3/t17-/m0/s1. The third-order valence-corrected chi connectivity index (χ3v) is 4.34. The van der Waals surface area contributed by atoms with Crippen LogP contribution in [0.4, 0.5) is 5.69 Å². The molecule has 27 heavy (non-hydrogen) atoms. The van der Waals surface area contributed by atoms with Crippen LogP contribution in [0.25, 0.3) is 0 Å². The Bertz CT molecular complexity index is 837. The Balaban J connectivity index is 2.38. The predicted molar refractivity (Wildman–Crippen MR) is 101 cm³/mol. The van der Waals surface area contributed by atoms with Gasteiger partial charge >= 0.3 is 5.97 Å². The maximum Gasteiger partial charge on any atom is 0.341 e. The van der Waals surface area contributed by atoms with Gasteiger partial charge in [0.2, 0.25) is 6.10 Å². The Kier molecular flexibility index (Phi) is 6.90. The molecule has 0 bridgehead atoms. The van der Waals surface area contributed by atoms with Gasteiger partial charge < -0.3 is 9.64 Å². The molecular weight excluding hydrogens is 372 g/mol. The van der Waals surface area contributed by atoms with E-state index in [-0.39, 0.29) is 22.2 Å². The zero-order chi connectivity index (χ0) is 20.0. The predicted octanol–water partition coefficient (Wildman–Crippen LogP) is 4.01. The highest BCUT2D eigenvalue weighted by molar-refractivity contribution is 6.33. The van der Waals surface area contributed by atoms with Crippen LogP contribution < -0.4 is 0 Å². The average Bonchev–Trinajstić information content (AvgIpc) is 2.67. The molecule has 2 rings (SSSR count). The molecule has 1 atom stereocenters. The first kappa shape index (κ1) is 20.4. The van der Waals surface area contributed by atoms with Gasteiger partial charge in [-0.1, -0.05) is 41.9 Å². The molecule has 8 heteroatoms. The fraction of sp³-hybridized carbons (Fsp3) is 0.263. The minimum absolute atomic E-state index is 0.00713. The molecule has 0 aliphatic carbocycles. The van der Waals surface area contributed by atoms with Crippen LogP contribution in [0.1, 0.15) is 35.9 Å². The van der Waals surface area contributed by atoms with Crippen LogP contribution in [-0.2, 0) is 9.53 Å². The number of carbonyl (C=O) groups excluding carboxylic acids is 2. The number of carbonyl (C=O) groups is 2. The van der Waals surface area contributed by atoms with E-state index in [9.17, 15) is 19.7 Å². The highest BCUT2D eigenvalue weighted by atomic mass is 35.5. The van der Waals surface area contributed by atoms with Crippen molar-refractivity contribution in [2.45, 2.75) is 20.0 Å². The number of hydrogen-bond acceptors (Lipinski definition) is 5. The SMILES string of the molecule is CCN(CC)C(=O)[C@@H](OC(=O)c1cc([N+](=O)[O-])ccc1Cl)c1ccccc1. The second-order valence-electron chi connectivity index (χ2n) is 5.63. The molecule has 7 nitrogen and oxygen atoms in total. The number of nitro groups is 1. The Morgan fingerprint density at radius 2 is 1.78 bits per heavy atom. The number of likely N-dealkylation sites (N-methyl/N-ethyl adjacent to an activating group) is 1. The van der Waals surface area contributed by atoms with Gasteiger partial charge in [0.25, 0.3) is 11.6 Å². The monoisotopic (exact) mass is 390 g/mol. The lowest BCUT2D eigenvalue weighted by Gasteiger charge is -2.25. The van der Waals surface area contributed by atoms with E-state index in [4.69, 9.17) is 16.3 Å². The Labute approximate surface area is 161 Å². The van der Waals surface area contributed by atoms with Crippen LogP contribution in [0.2, 0.25) is 5.02 Å². The van der Waals surface area contributed by atoms with Crippen LogP contribution in [0.15, 0.2) is 48.5 Å². The van der Waals surface area contributed by atoms with E-state index in [1.54, 1.807) is 35.2 Å². The minimum Gasteiger partial charge on any atom is -0.444 e. The summed E-state index contributed by atoms with van der Waals surface area (Å²) in [5.74, 6) is -1.28. The zero-order valence-electron chi connectivity index (χ0n) is 14.9. The number of ether oxygens (including phenoxy) is 1. The molecule has 1 amide bonds. The summed E-state index contributed by atoms with van der Waals surface area (Å²) in [6.07, 6.45) is -1.17. The normalized spacial score (nSPS) is 11.5. The first-order valence-electron chi connectivity index (χ1n) is 8.37. The topological polar surface area (TPSA) is 89.8 Å². The van der Waals surface area contributed by atoms with E-state index in [0.29, 0.717) is 18.7 Å².